The summed E-state index contributed by atoms with van der Waals surface area (Å²) < 4.78 is 0. The Morgan fingerprint density at radius 1 is 0.750 bits per heavy atom. The van der Waals surface area contributed by atoms with Crippen LogP contribution in [0, 0.1) is 23.7 Å². The molecule has 68 valence electrons. The maximum absolute atomic E-state index is 10.0. The summed E-state index contributed by atoms with van der Waals surface area (Å²) in [5, 5.41) is 10.0. The second-order valence-electron chi connectivity index (χ2n) is 5.26. The lowest BCUT2D eigenvalue weighted by Gasteiger charge is -2.41. The van der Waals surface area contributed by atoms with Crippen LogP contribution >= 0.6 is 0 Å². The van der Waals surface area contributed by atoms with Gasteiger partial charge in [-0.05, 0) is 55.8 Å². The van der Waals surface area contributed by atoms with Crippen molar-refractivity contribution in [3.05, 3.63) is 0 Å². The third kappa shape index (κ3) is 0.953. The van der Waals surface area contributed by atoms with Crippen molar-refractivity contribution in [3.8, 4) is 0 Å². The highest BCUT2D eigenvalue weighted by molar-refractivity contribution is 4.95. The van der Waals surface area contributed by atoms with Gasteiger partial charge in [-0.15, -0.1) is 0 Å². The normalized spacial score (nSPS) is 57.2. The van der Waals surface area contributed by atoms with Crippen LogP contribution in [0.4, 0.5) is 0 Å². The molecule has 0 spiro atoms. The summed E-state index contributed by atoms with van der Waals surface area (Å²) >= 11 is 0. The minimum atomic E-state index is 0.0755. The topological polar surface area (TPSA) is 20.2 Å². The lowest BCUT2D eigenvalue weighted by atomic mass is 9.66. The Hall–Kier alpha value is -0.0400. The Balaban J connectivity index is 1.92. The molecule has 0 heterocycles. The van der Waals surface area contributed by atoms with E-state index in [2.05, 4.69) is 0 Å². The first kappa shape index (κ1) is 7.37. The molecule has 4 aliphatic rings. The lowest BCUT2D eigenvalue weighted by molar-refractivity contribution is -0.0204. The van der Waals surface area contributed by atoms with Gasteiger partial charge in [0.25, 0.3) is 0 Å². The van der Waals surface area contributed by atoms with E-state index in [4.69, 9.17) is 0 Å². The van der Waals surface area contributed by atoms with Gasteiger partial charge in [0, 0.05) is 0 Å². The highest BCUT2D eigenvalue weighted by atomic mass is 16.3. The van der Waals surface area contributed by atoms with Crippen LogP contribution in [0.25, 0.3) is 0 Å². The zero-order valence-electron chi connectivity index (χ0n) is 7.58. The first-order valence-electron chi connectivity index (χ1n) is 5.51. The SMILES string of the molecule is OC1C2CCC3CC(C2)CC1C3. The molecule has 0 aromatic carbocycles. The van der Waals surface area contributed by atoms with E-state index < -0.39 is 0 Å². The molecule has 5 unspecified atom stereocenters. The molecule has 5 atom stereocenters. The molecule has 4 bridgehead atoms. The van der Waals surface area contributed by atoms with E-state index in [9.17, 15) is 5.11 Å². The van der Waals surface area contributed by atoms with Crippen molar-refractivity contribution in [2.24, 2.45) is 23.7 Å². The highest BCUT2D eigenvalue weighted by Gasteiger charge is 2.44. The van der Waals surface area contributed by atoms with E-state index in [1.807, 2.05) is 0 Å². The van der Waals surface area contributed by atoms with Crippen molar-refractivity contribution >= 4 is 0 Å². The van der Waals surface area contributed by atoms with Crippen molar-refractivity contribution in [2.45, 2.75) is 44.6 Å². The Morgan fingerprint density at radius 2 is 1.50 bits per heavy atom. The smallest absolute Gasteiger partial charge is 0.0596 e. The van der Waals surface area contributed by atoms with Crippen LogP contribution in [0.15, 0.2) is 0 Å². The largest absolute Gasteiger partial charge is 0.393 e. The molecular formula is C11H18O. The summed E-state index contributed by atoms with van der Waals surface area (Å²) in [6, 6.07) is 0. The second-order valence-corrected chi connectivity index (χ2v) is 5.26. The standard InChI is InChI=1S/C11H18O/c12-11-9-2-1-7-3-8(5-9)6-10(11)4-7/h7-12H,1-6H2. The first-order valence-corrected chi connectivity index (χ1v) is 5.51. The summed E-state index contributed by atoms with van der Waals surface area (Å²) in [6.45, 7) is 0. The number of hydrogen-bond acceptors (Lipinski definition) is 1. The van der Waals surface area contributed by atoms with Crippen LogP contribution in [0.2, 0.25) is 0 Å². The predicted octanol–water partition coefficient (Wildman–Crippen LogP) is 2.19. The average molecular weight is 166 g/mol. The van der Waals surface area contributed by atoms with E-state index in [1.54, 1.807) is 0 Å². The maximum Gasteiger partial charge on any atom is 0.0596 e. The molecule has 1 heteroatoms. The number of aliphatic hydroxyl groups excluding tert-OH is 1. The molecule has 4 rings (SSSR count). The summed E-state index contributed by atoms with van der Waals surface area (Å²) in [5.41, 5.74) is 0. The summed E-state index contributed by atoms with van der Waals surface area (Å²) in [5.74, 6) is 3.34. The molecule has 4 saturated carbocycles. The van der Waals surface area contributed by atoms with Crippen LogP contribution in [0.1, 0.15) is 38.5 Å². The molecule has 12 heavy (non-hydrogen) atoms. The van der Waals surface area contributed by atoms with Gasteiger partial charge in [-0.2, -0.15) is 0 Å². The van der Waals surface area contributed by atoms with Crippen LogP contribution in [-0.2, 0) is 0 Å². The molecule has 0 aromatic rings. The highest BCUT2D eigenvalue weighted by Crippen LogP contribution is 2.51. The van der Waals surface area contributed by atoms with E-state index >= 15 is 0 Å². The molecule has 0 aliphatic heterocycles. The average Bonchev–Trinajstić information content (AvgIpc) is 2.27. The third-order valence-electron chi connectivity index (χ3n) is 4.49. The van der Waals surface area contributed by atoms with Crippen molar-refractivity contribution in [1.82, 2.24) is 0 Å². The van der Waals surface area contributed by atoms with E-state index in [0.717, 1.165) is 11.8 Å². The minimum absolute atomic E-state index is 0.0755. The Kier molecular flexibility index (Phi) is 1.52. The van der Waals surface area contributed by atoms with Crippen LogP contribution < -0.4 is 0 Å². The van der Waals surface area contributed by atoms with Crippen molar-refractivity contribution in [1.29, 1.82) is 0 Å². The monoisotopic (exact) mass is 166 g/mol. The predicted molar refractivity (Wildman–Crippen MR) is 47.7 cm³/mol. The van der Waals surface area contributed by atoms with Crippen molar-refractivity contribution in [3.63, 3.8) is 0 Å². The maximum atomic E-state index is 10.0. The fourth-order valence-corrected chi connectivity index (χ4v) is 4.01. The Bertz CT molecular complexity index is 181. The number of rotatable bonds is 0. The molecule has 1 nitrogen and oxygen atoms in total. The fourth-order valence-electron chi connectivity index (χ4n) is 4.01. The van der Waals surface area contributed by atoms with Crippen molar-refractivity contribution in [2.75, 3.05) is 0 Å². The molecule has 1 N–H and O–H groups in total. The van der Waals surface area contributed by atoms with Gasteiger partial charge in [0.2, 0.25) is 0 Å². The van der Waals surface area contributed by atoms with Gasteiger partial charge < -0.3 is 5.11 Å². The number of aliphatic hydroxyl groups is 1. The second kappa shape index (κ2) is 2.47. The minimum Gasteiger partial charge on any atom is -0.393 e. The Morgan fingerprint density at radius 3 is 2.42 bits per heavy atom. The lowest BCUT2D eigenvalue weighted by Crippen LogP contribution is -2.38. The zero-order valence-corrected chi connectivity index (χ0v) is 7.58. The van der Waals surface area contributed by atoms with Gasteiger partial charge >= 0.3 is 0 Å². The zero-order chi connectivity index (χ0) is 8.13. The summed E-state index contributed by atoms with van der Waals surface area (Å²) in [4.78, 5) is 0. The molecular weight excluding hydrogens is 148 g/mol. The van der Waals surface area contributed by atoms with Crippen molar-refractivity contribution < 1.29 is 5.11 Å². The van der Waals surface area contributed by atoms with Gasteiger partial charge in [-0.25, -0.2) is 0 Å². The third-order valence-corrected chi connectivity index (χ3v) is 4.49. The molecule has 0 radical (unpaired) electrons. The fraction of sp³-hybridized carbons (Fsp3) is 1.00. The van der Waals surface area contributed by atoms with E-state index in [-0.39, 0.29) is 6.10 Å². The van der Waals surface area contributed by atoms with E-state index in [1.165, 1.54) is 38.5 Å². The van der Waals surface area contributed by atoms with Gasteiger partial charge in [-0.1, -0.05) is 6.42 Å². The van der Waals surface area contributed by atoms with Gasteiger partial charge in [0.05, 0.1) is 6.10 Å². The Labute approximate surface area is 74.2 Å². The molecule has 4 fully saturated rings. The van der Waals surface area contributed by atoms with Crippen LogP contribution in [-0.4, -0.2) is 11.2 Å². The number of hydrogen-bond donors (Lipinski definition) is 1. The summed E-state index contributed by atoms with van der Waals surface area (Å²) in [6.07, 6.45) is 8.32. The molecule has 0 aromatic heterocycles. The quantitative estimate of drug-likeness (QED) is 0.585. The first-order chi connectivity index (χ1) is 5.83. The molecule has 4 aliphatic carbocycles. The van der Waals surface area contributed by atoms with Crippen LogP contribution in [0.3, 0.4) is 0 Å². The van der Waals surface area contributed by atoms with Crippen LogP contribution in [0.5, 0.6) is 0 Å². The molecule has 0 saturated heterocycles. The summed E-state index contributed by atoms with van der Waals surface area (Å²) in [7, 11) is 0. The van der Waals surface area contributed by atoms with Gasteiger partial charge in [0.1, 0.15) is 0 Å². The number of fused-ring (bicyclic) bond motifs is 1. The molecule has 0 amide bonds. The van der Waals surface area contributed by atoms with Gasteiger partial charge in [0.15, 0.2) is 0 Å². The van der Waals surface area contributed by atoms with Gasteiger partial charge in [-0.3, -0.25) is 0 Å². The van der Waals surface area contributed by atoms with E-state index in [0.29, 0.717) is 11.8 Å².